The number of carbonyl (C=O) groups excluding carboxylic acids is 1. The number of benzene rings is 1. The van der Waals surface area contributed by atoms with E-state index < -0.39 is 6.09 Å². The van der Waals surface area contributed by atoms with Crippen molar-refractivity contribution in [2.24, 2.45) is 0 Å². The summed E-state index contributed by atoms with van der Waals surface area (Å²) in [4.78, 5) is 40.5. The van der Waals surface area contributed by atoms with Crippen LogP contribution in [-0.2, 0) is 17.7 Å². The number of ether oxygens (including phenoxy) is 2. The van der Waals surface area contributed by atoms with Crippen molar-refractivity contribution in [3.63, 3.8) is 0 Å². The Labute approximate surface area is 218 Å². The van der Waals surface area contributed by atoms with Gasteiger partial charge < -0.3 is 24.8 Å². The summed E-state index contributed by atoms with van der Waals surface area (Å²) in [7, 11) is 0. The first-order chi connectivity index (χ1) is 17.9. The van der Waals surface area contributed by atoms with Crippen molar-refractivity contribution >= 4 is 46.7 Å². The fourth-order valence-electron chi connectivity index (χ4n) is 4.43. The maximum Gasteiger partial charge on any atom is 0.412 e. The number of esters is 1. The summed E-state index contributed by atoms with van der Waals surface area (Å²) in [6, 6.07) is 5.34. The second kappa shape index (κ2) is 10.1. The zero-order chi connectivity index (χ0) is 26.1. The van der Waals surface area contributed by atoms with Crippen LogP contribution in [0.2, 0.25) is 5.02 Å². The number of nitrogens with one attached hydrogen (secondary N) is 1. The minimum absolute atomic E-state index is 0.179. The van der Waals surface area contributed by atoms with E-state index >= 15 is 0 Å². The summed E-state index contributed by atoms with van der Waals surface area (Å²) < 4.78 is 10.6. The molecular formula is C25H25ClN6O5. The van der Waals surface area contributed by atoms with Crippen LogP contribution in [0.3, 0.4) is 0 Å². The van der Waals surface area contributed by atoms with Crippen LogP contribution in [0, 0.1) is 6.92 Å². The van der Waals surface area contributed by atoms with Crippen molar-refractivity contribution in [2.45, 2.75) is 26.8 Å². The molecule has 0 saturated heterocycles. The fraction of sp³-hybridized carbons (Fsp3) is 0.320. The van der Waals surface area contributed by atoms with Crippen LogP contribution in [0.5, 0.6) is 5.88 Å². The molecule has 2 N–H and O–H groups in total. The second-order valence-electron chi connectivity index (χ2n) is 8.61. The molecule has 5 rings (SSSR count). The molecule has 4 heterocycles. The Hall–Kier alpha value is -4.12. The lowest BCUT2D eigenvalue weighted by atomic mass is 10.1. The molecule has 0 fully saturated rings. The van der Waals surface area contributed by atoms with Gasteiger partial charge in [0.2, 0.25) is 11.8 Å². The summed E-state index contributed by atoms with van der Waals surface area (Å²) in [5, 5.41) is 13.1. The van der Waals surface area contributed by atoms with Gasteiger partial charge in [-0.15, -0.1) is 0 Å². The Bertz CT molecular complexity index is 1380. The number of nitrogens with zero attached hydrogens (tertiary/aromatic N) is 5. The van der Waals surface area contributed by atoms with Gasteiger partial charge in [0, 0.05) is 18.4 Å². The number of rotatable bonds is 5. The van der Waals surface area contributed by atoms with Crippen LogP contribution in [0.15, 0.2) is 30.6 Å². The molecule has 192 valence electrons. The maximum atomic E-state index is 12.1. The number of halogens is 1. The molecule has 0 spiro atoms. The Balaban J connectivity index is 1.37. The van der Waals surface area contributed by atoms with E-state index in [2.05, 4.69) is 15.3 Å². The lowest BCUT2D eigenvalue weighted by molar-refractivity contribution is 0.0525. The highest BCUT2D eigenvalue weighted by molar-refractivity contribution is 6.36. The quantitative estimate of drug-likeness (QED) is 0.468. The number of anilines is 4. The molecule has 0 aliphatic carbocycles. The van der Waals surface area contributed by atoms with Crippen LogP contribution in [0.1, 0.15) is 34.1 Å². The maximum absolute atomic E-state index is 12.1. The third-order valence-corrected chi connectivity index (χ3v) is 6.63. The predicted molar refractivity (Wildman–Crippen MR) is 137 cm³/mol. The average Bonchev–Trinajstić information content (AvgIpc) is 2.88. The number of pyridine rings is 1. The SMILES string of the molecule is CCOC(=O)c1ccc(Nc2ncc3c(n2)CN(c2cnc4c(c2Cl)N(C(=O)O)CCO4)CC3)cc1C. The average molecular weight is 525 g/mol. The number of carbonyl (C=O) groups is 2. The summed E-state index contributed by atoms with van der Waals surface area (Å²) in [5.74, 6) is 0.270. The van der Waals surface area contributed by atoms with Gasteiger partial charge in [0.25, 0.3) is 0 Å². The van der Waals surface area contributed by atoms with Gasteiger partial charge in [0.1, 0.15) is 12.3 Å². The minimum atomic E-state index is -1.11. The van der Waals surface area contributed by atoms with Gasteiger partial charge in [-0.1, -0.05) is 11.6 Å². The Kier molecular flexibility index (Phi) is 6.70. The summed E-state index contributed by atoms with van der Waals surface area (Å²) in [5.41, 5.74) is 4.75. The zero-order valence-electron chi connectivity index (χ0n) is 20.3. The summed E-state index contributed by atoms with van der Waals surface area (Å²) >= 11 is 6.69. The molecule has 1 aromatic carbocycles. The molecule has 1 amide bonds. The van der Waals surface area contributed by atoms with Crippen LogP contribution in [0.25, 0.3) is 0 Å². The molecule has 12 heteroatoms. The number of carboxylic acid groups (broad SMARTS) is 1. The second-order valence-corrected chi connectivity index (χ2v) is 8.98. The highest BCUT2D eigenvalue weighted by Crippen LogP contribution is 2.43. The topological polar surface area (TPSA) is 130 Å². The minimum Gasteiger partial charge on any atom is -0.474 e. The molecular weight excluding hydrogens is 500 g/mol. The molecule has 0 bridgehead atoms. The molecule has 0 atom stereocenters. The summed E-state index contributed by atoms with van der Waals surface area (Å²) in [6.45, 7) is 5.42. The monoisotopic (exact) mass is 524 g/mol. The molecule has 2 aromatic heterocycles. The van der Waals surface area contributed by atoms with Gasteiger partial charge in [0.15, 0.2) is 0 Å². The predicted octanol–water partition coefficient (Wildman–Crippen LogP) is 4.19. The van der Waals surface area contributed by atoms with Gasteiger partial charge in [-0.2, -0.15) is 0 Å². The van der Waals surface area contributed by atoms with Gasteiger partial charge in [0.05, 0.1) is 47.9 Å². The van der Waals surface area contributed by atoms with Crippen molar-refractivity contribution in [1.29, 1.82) is 0 Å². The number of hydrogen-bond donors (Lipinski definition) is 2. The van der Waals surface area contributed by atoms with Crippen molar-refractivity contribution in [3.05, 3.63) is 58.0 Å². The standard InChI is InChI=1S/C25H25ClN6O5/c1-3-36-23(33)17-5-4-16(10-14(17)2)29-24-28-11-15-6-7-31(13-18(15)30-24)19-12-27-22-21(20(19)26)32(25(34)35)8-9-37-22/h4-5,10-12H,3,6-9,13H2,1-2H3,(H,34,35)(H,28,29,30). The Morgan fingerprint density at radius 1 is 1.24 bits per heavy atom. The Morgan fingerprint density at radius 3 is 2.84 bits per heavy atom. The molecule has 0 radical (unpaired) electrons. The number of aryl methyl sites for hydroxylation is 1. The summed E-state index contributed by atoms with van der Waals surface area (Å²) in [6.07, 6.45) is 2.99. The van der Waals surface area contributed by atoms with E-state index in [0.29, 0.717) is 43.3 Å². The van der Waals surface area contributed by atoms with E-state index in [1.807, 2.05) is 17.9 Å². The number of aromatic nitrogens is 3. The number of hydrogen-bond acceptors (Lipinski definition) is 9. The molecule has 0 unspecified atom stereocenters. The number of fused-ring (bicyclic) bond motifs is 2. The normalized spacial score (nSPS) is 14.4. The molecule has 2 aliphatic heterocycles. The van der Waals surface area contributed by atoms with Crippen molar-refractivity contribution in [3.8, 4) is 5.88 Å². The first-order valence-corrected chi connectivity index (χ1v) is 12.2. The van der Waals surface area contributed by atoms with E-state index in [1.165, 1.54) is 0 Å². The van der Waals surface area contributed by atoms with Crippen molar-refractivity contribution in [1.82, 2.24) is 15.0 Å². The van der Waals surface area contributed by atoms with Crippen molar-refractivity contribution < 1.29 is 24.2 Å². The van der Waals surface area contributed by atoms with E-state index in [-0.39, 0.29) is 35.7 Å². The van der Waals surface area contributed by atoms with E-state index in [9.17, 15) is 14.7 Å². The molecule has 0 saturated carbocycles. The van der Waals surface area contributed by atoms with Gasteiger partial charge >= 0.3 is 12.1 Å². The van der Waals surface area contributed by atoms with Gasteiger partial charge in [-0.05, 0) is 49.6 Å². The number of amides is 1. The van der Waals surface area contributed by atoms with E-state index in [4.69, 9.17) is 26.1 Å². The fourth-order valence-corrected chi connectivity index (χ4v) is 4.78. The van der Waals surface area contributed by atoms with Crippen LogP contribution in [0.4, 0.5) is 27.8 Å². The first kappa shape index (κ1) is 24.6. The van der Waals surface area contributed by atoms with Crippen LogP contribution < -0.4 is 19.9 Å². The Morgan fingerprint density at radius 2 is 2.08 bits per heavy atom. The third kappa shape index (κ3) is 4.82. The van der Waals surface area contributed by atoms with Crippen molar-refractivity contribution in [2.75, 3.05) is 41.4 Å². The molecule has 3 aromatic rings. The molecule has 37 heavy (non-hydrogen) atoms. The van der Waals surface area contributed by atoms with Crippen LogP contribution in [-0.4, -0.2) is 58.4 Å². The lowest BCUT2D eigenvalue weighted by Crippen LogP contribution is -2.38. The van der Waals surface area contributed by atoms with Crippen LogP contribution >= 0.6 is 11.6 Å². The van der Waals surface area contributed by atoms with E-state index in [1.54, 1.807) is 31.5 Å². The molecule has 2 aliphatic rings. The third-order valence-electron chi connectivity index (χ3n) is 6.26. The lowest BCUT2D eigenvalue weighted by Gasteiger charge is -2.33. The van der Waals surface area contributed by atoms with E-state index in [0.717, 1.165) is 27.4 Å². The smallest absolute Gasteiger partial charge is 0.412 e. The van der Waals surface area contributed by atoms with Gasteiger partial charge in [-0.3, -0.25) is 4.90 Å². The molecule has 11 nitrogen and oxygen atoms in total. The highest BCUT2D eigenvalue weighted by atomic mass is 35.5. The largest absolute Gasteiger partial charge is 0.474 e. The highest BCUT2D eigenvalue weighted by Gasteiger charge is 2.31. The zero-order valence-corrected chi connectivity index (χ0v) is 21.1. The first-order valence-electron chi connectivity index (χ1n) is 11.8. The van der Waals surface area contributed by atoms with Gasteiger partial charge in [-0.25, -0.2) is 24.5 Å².